The number of nitrogens with one attached hydrogen (secondary N) is 2. The Morgan fingerprint density at radius 3 is 2.57 bits per heavy atom. The normalized spacial score (nSPS) is 11.2. The van der Waals surface area contributed by atoms with Crippen LogP contribution < -0.4 is 15.4 Å². The molecule has 3 N–H and O–H groups in total. The molecule has 1 aromatic carbocycles. The van der Waals surface area contributed by atoms with Gasteiger partial charge in [-0.1, -0.05) is 6.07 Å². The van der Waals surface area contributed by atoms with E-state index in [1.165, 1.54) is 18.2 Å². The van der Waals surface area contributed by atoms with Crippen molar-refractivity contribution in [1.82, 2.24) is 15.0 Å². The second kappa shape index (κ2) is 9.40. The zero-order valence-corrected chi connectivity index (χ0v) is 16.1. The second-order valence-corrected chi connectivity index (χ2v) is 6.33. The number of hydrogen-bond donors (Lipinski definition) is 3. The van der Waals surface area contributed by atoms with Crippen LogP contribution in [0.1, 0.15) is 12.0 Å². The summed E-state index contributed by atoms with van der Waals surface area (Å²) < 4.78 is 41.2. The van der Waals surface area contributed by atoms with E-state index in [9.17, 15) is 13.2 Å². The Balaban J connectivity index is 1.88. The molecule has 3 aromatic rings. The number of rotatable bonds is 8. The second-order valence-electron chi connectivity index (χ2n) is 6.33. The van der Waals surface area contributed by atoms with Crippen molar-refractivity contribution in [3.8, 4) is 17.1 Å². The number of halogens is 3. The molecule has 0 spiro atoms. The molecule has 0 radical (unpaired) electrons. The summed E-state index contributed by atoms with van der Waals surface area (Å²) in [5, 5.41) is 15.1. The molecule has 10 heteroatoms. The molecular weight excluding hydrogens is 399 g/mol. The maximum absolute atomic E-state index is 12.4. The average Bonchev–Trinajstić information content (AvgIpc) is 2.70. The molecule has 3 rings (SSSR count). The minimum atomic E-state index is -4.75. The maximum atomic E-state index is 12.4. The molecule has 0 saturated carbocycles. The summed E-state index contributed by atoms with van der Waals surface area (Å²) in [6.07, 6.45) is -2.58. The molecule has 0 atom stereocenters. The number of aliphatic hydroxyl groups is 1. The van der Waals surface area contributed by atoms with Crippen molar-refractivity contribution in [2.75, 3.05) is 23.8 Å². The zero-order chi connectivity index (χ0) is 21.6. The molecule has 30 heavy (non-hydrogen) atoms. The molecule has 0 amide bonds. The molecule has 158 valence electrons. The number of ether oxygens (including phenoxy) is 1. The number of benzene rings is 1. The van der Waals surface area contributed by atoms with Gasteiger partial charge in [0.15, 0.2) is 0 Å². The predicted octanol–water partition coefficient (Wildman–Crippen LogP) is 4.28. The Kier molecular flexibility index (Phi) is 6.68. The Labute approximate surface area is 171 Å². The first-order valence-corrected chi connectivity index (χ1v) is 9.13. The SMILES string of the molecule is Cc1cc(OC(F)(F)F)ccc1Nc1cc(-c2ccccn2)nc(NCCCO)n1. The van der Waals surface area contributed by atoms with Gasteiger partial charge in [0.05, 0.1) is 11.4 Å². The number of pyridine rings is 1. The van der Waals surface area contributed by atoms with Crippen LogP contribution in [0.4, 0.5) is 30.6 Å². The highest BCUT2D eigenvalue weighted by atomic mass is 19.4. The van der Waals surface area contributed by atoms with Crippen LogP contribution in [0.25, 0.3) is 11.4 Å². The van der Waals surface area contributed by atoms with Gasteiger partial charge in [-0.3, -0.25) is 4.98 Å². The smallest absolute Gasteiger partial charge is 0.406 e. The lowest BCUT2D eigenvalue weighted by atomic mass is 10.2. The van der Waals surface area contributed by atoms with E-state index in [0.717, 1.165) is 0 Å². The summed E-state index contributed by atoms with van der Waals surface area (Å²) in [6, 6.07) is 11.1. The molecule has 0 saturated heterocycles. The van der Waals surface area contributed by atoms with E-state index in [4.69, 9.17) is 5.11 Å². The standard InChI is InChI=1S/C20H20F3N5O2/c1-13-11-14(30-20(21,22)23)6-7-15(13)26-18-12-17(16-5-2-3-8-24-16)27-19(28-18)25-9-4-10-29/h2-3,5-8,11-12,29H,4,9-10H2,1H3,(H2,25,26,27,28). The number of hydrogen-bond acceptors (Lipinski definition) is 7. The van der Waals surface area contributed by atoms with Gasteiger partial charge in [0, 0.05) is 31.1 Å². The third kappa shape index (κ3) is 6.05. The minimum Gasteiger partial charge on any atom is -0.406 e. The van der Waals surface area contributed by atoms with Gasteiger partial charge in [-0.15, -0.1) is 13.2 Å². The van der Waals surface area contributed by atoms with Crippen molar-refractivity contribution in [3.05, 3.63) is 54.2 Å². The van der Waals surface area contributed by atoms with Gasteiger partial charge < -0.3 is 20.5 Å². The van der Waals surface area contributed by atoms with Crippen molar-refractivity contribution in [2.24, 2.45) is 0 Å². The zero-order valence-electron chi connectivity index (χ0n) is 16.1. The van der Waals surface area contributed by atoms with Crippen LogP contribution in [0.2, 0.25) is 0 Å². The van der Waals surface area contributed by atoms with Crippen LogP contribution in [0.15, 0.2) is 48.7 Å². The molecule has 0 fully saturated rings. The molecule has 0 aliphatic rings. The fraction of sp³-hybridized carbons (Fsp3) is 0.250. The highest BCUT2D eigenvalue weighted by molar-refractivity contribution is 5.67. The van der Waals surface area contributed by atoms with Gasteiger partial charge in [0.1, 0.15) is 11.6 Å². The minimum absolute atomic E-state index is 0.0313. The van der Waals surface area contributed by atoms with Crippen LogP contribution in [0, 0.1) is 6.92 Å². The van der Waals surface area contributed by atoms with Crippen molar-refractivity contribution < 1.29 is 23.0 Å². The fourth-order valence-electron chi connectivity index (χ4n) is 2.63. The number of alkyl halides is 3. The van der Waals surface area contributed by atoms with Crippen LogP contribution >= 0.6 is 0 Å². The lowest BCUT2D eigenvalue weighted by Gasteiger charge is -2.14. The largest absolute Gasteiger partial charge is 0.573 e. The predicted molar refractivity (Wildman–Crippen MR) is 107 cm³/mol. The maximum Gasteiger partial charge on any atom is 0.573 e. The van der Waals surface area contributed by atoms with E-state index in [1.807, 2.05) is 6.07 Å². The number of nitrogens with zero attached hydrogens (tertiary/aromatic N) is 3. The molecular formula is C20H20F3N5O2. The van der Waals surface area contributed by atoms with E-state index in [2.05, 4.69) is 30.3 Å². The molecule has 2 aromatic heterocycles. The quantitative estimate of drug-likeness (QED) is 0.469. The number of anilines is 3. The highest BCUT2D eigenvalue weighted by Crippen LogP contribution is 2.29. The molecule has 2 heterocycles. The van der Waals surface area contributed by atoms with Gasteiger partial charge in [-0.25, -0.2) is 4.98 Å². The summed E-state index contributed by atoms with van der Waals surface area (Å²) in [5.74, 6) is 0.474. The van der Waals surface area contributed by atoms with E-state index >= 15 is 0 Å². The number of aryl methyl sites for hydroxylation is 1. The number of aliphatic hydroxyl groups excluding tert-OH is 1. The van der Waals surface area contributed by atoms with Crippen LogP contribution in [-0.4, -0.2) is 39.6 Å². The summed E-state index contributed by atoms with van der Waals surface area (Å²) in [5.41, 5.74) is 2.31. The first-order chi connectivity index (χ1) is 14.3. The summed E-state index contributed by atoms with van der Waals surface area (Å²) in [6.45, 7) is 2.17. The van der Waals surface area contributed by atoms with Crippen LogP contribution in [-0.2, 0) is 0 Å². The molecule has 0 aliphatic carbocycles. The highest BCUT2D eigenvalue weighted by Gasteiger charge is 2.31. The van der Waals surface area contributed by atoms with E-state index < -0.39 is 6.36 Å². The van der Waals surface area contributed by atoms with E-state index in [1.54, 1.807) is 31.3 Å². The lowest BCUT2D eigenvalue weighted by Crippen LogP contribution is -2.17. The molecule has 0 unspecified atom stereocenters. The fourth-order valence-corrected chi connectivity index (χ4v) is 2.63. The van der Waals surface area contributed by atoms with Gasteiger partial charge >= 0.3 is 6.36 Å². The summed E-state index contributed by atoms with van der Waals surface area (Å²) in [4.78, 5) is 13.1. The van der Waals surface area contributed by atoms with Crippen LogP contribution in [0.3, 0.4) is 0 Å². The number of aromatic nitrogens is 3. The Morgan fingerprint density at radius 2 is 1.90 bits per heavy atom. The monoisotopic (exact) mass is 419 g/mol. The topological polar surface area (TPSA) is 92.2 Å². The van der Waals surface area contributed by atoms with Gasteiger partial charge in [-0.05, 0) is 49.2 Å². The van der Waals surface area contributed by atoms with Crippen LogP contribution in [0.5, 0.6) is 5.75 Å². The Morgan fingerprint density at radius 1 is 1.07 bits per heavy atom. The Hall–Kier alpha value is -3.40. The van der Waals surface area contributed by atoms with Gasteiger partial charge in [0.2, 0.25) is 5.95 Å². The third-order valence-corrected chi connectivity index (χ3v) is 3.97. The average molecular weight is 419 g/mol. The Bertz CT molecular complexity index is 984. The van der Waals surface area contributed by atoms with Crippen molar-refractivity contribution in [1.29, 1.82) is 0 Å². The first-order valence-electron chi connectivity index (χ1n) is 9.13. The van der Waals surface area contributed by atoms with Crippen molar-refractivity contribution in [2.45, 2.75) is 19.7 Å². The first kappa shape index (κ1) is 21.3. The summed E-state index contributed by atoms with van der Waals surface area (Å²) in [7, 11) is 0. The van der Waals surface area contributed by atoms with Gasteiger partial charge in [-0.2, -0.15) is 4.98 Å². The summed E-state index contributed by atoms with van der Waals surface area (Å²) >= 11 is 0. The third-order valence-electron chi connectivity index (χ3n) is 3.97. The van der Waals surface area contributed by atoms with Gasteiger partial charge in [0.25, 0.3) is 0 Å². The lowest BCUT2D eigenvalue weighted by molar-refractivity contribution is -0.274. The molecule has 0 aliphatic heterocycles. The van der Waals surface area contributed by atoms with E-state index in [0.29, 0.717) is 47.4 Å². The van der Waals surface area contributed by atoms with Crippen molar-refractivity contribution >= 4 is 17.5 Å². The van der Waals surface area contributed by atoms with E-state index in [-0.39, 0.29) is 12.4 Å². The van der Waals surface area contributed by atoms with Crippen molar-refractivity contribution in [3.63, 3.8) is 0 Å². The molecule has 0 bridgehead atoms. The molecule has 7 nitrogen and oxygen atoms in total.